The van der Waals surface area contributed by atoms with E-state index in [1.54, 1.807) is 51.1 Å². The van der Waals surface area contributed by atoms with Crippen molar-refractivity contribution >= 4 is 23.9 Å². The Hall–Kier alpha value is -3.10. The van der Waals surface area contributed by atoms with Crippen LogP contribution < -0.4 is 16.0 Å². The van der Waals surface area contributed by atoms with Crippen LogP contribution in [0.4, 0.5) is 4.79 Å². The zero-order valence-corrected chi connectivity index (χ0v) is 22.0. The number of alkyl carbamates (subject to hydrolysis) is 1. The lowest BCUT2D eigenvalue weighted by Gasteiger charge is -2.29. The third-order valence-electron chi connectivity index (χ3n) is 6.16. The SMILES string of the molecule is CC(C)C[C@@H](NC(=O)OC(C)(C)C)C(=O)NCC1CCC(C(=O)N[C@@H](C(=O)O)c2ccccc2)CC1. The standard InChI is InChI=1S/C27H41N3O6/c1-17(2)15-21(29-26(35)36-27(3,4)5)24(32)28-16-18-11-13-20(14-12-18)23(31)30-22(25(33)34)19-9-7-6-8-10-19/h6-10,17-18,20-22H,11-16H2,1-5H3,(H,28,32)(H,29,35)(H,30,31)(H,33,34)/t18?,20?,21-,22-/m1/s1. The van der Waals surface area contributed by atoms with E-state index < -0.39 is 29.7 Å². The second kappa shape index (κ2) is 13.3. The zero-order valence-electron chi connectivity index (χ0n) is 22.0. The van der Waals surface area contributed by atoms with Crippen molar-refractivity contribution in [2.45, 2.75) is 84.4 Å². The molecule has 9 nitrogen and oxygen atoms in total. The minimum absolute atomic E-state index is 0.204. The number of carbonyl (C=O) groups is 4. The number of aliphatic carboxylic acids is 1. The van der Waals surface area contributed by atoms with Crippen LogP contribution in [0.2, 0.25) is 0 Å². The Morgan fingerprint density at radius 1 is 1.00 bits per heavy atom. The first kappa shape index (κ1) is 29.1. The Balaban J connectivity index is 1.84. The highest BCUT2D eigenvalue weighted by molar-refractivity contribution is 5.86. The van der Waals surface area contributed by atoms with E-state index in [-0.39, 0.29) is 29.6 Å². The summed E-state index contributed by atoms with van der Waals surface area (Å²) in [5.74, 6) is -1.44. The van der Waals surface area contributed by atoms with Crippen molar-refractivity contribution in [1.82, 2.24) is 16.0 Å². The summed E-state index contributed by atoms with van der Waals surface area (Å²) < 4.78 is 5.29. The number of carboxylic acids is 1. The molecule has 0 aromatic heterocycles. The van der Waals surface area contributed by atoms with E-state index in [9.17, 15) is 24.3 Å². The minimum Gasteiger partial charge on any atom is -0.479 e. The lowest BCUT2D eigenvalue weighted by Crippen LogP contribution is -2.49. The lowest BCUT2D eigenvalue weighted by atomic mass is 9.81. The monoisotopic (exact) mass is 503 g/mol. The number of hydrogen-bond acceptors (Lipinski definition) is 5. The predicted octanol–water partition coefficient (Wildman–Crippen LogP) is 3.79. The molecular formula is C27H41N3O6. The molecule has 0 saturated heterocycles. The number of nitrogens with one attached hydrogen (secondary N) is 3. The molecule has 2 rings (SSSR count). The Labute approximate surface area is 213 Å². The molecule has 0 bridgehead atoms. The number of hydrogen-bond donors (Lipinski definition) is 4. The summed E-state index contributed by atoms with van der Waals surface area (Å²) in [5.41, 5.74) is -0.120. The normalized spacial score (nSPS) is 19.6. The molecule has 1 fully saturated rings. The van der Waals surface area contributed by atoms with Crippen molar-refractivity contribution in [2.24, 2.45) is 17.8 Å². The fraction of sp³-hybridized carbons (Fsp3) is 0.630. The average Bonchev–Trinajstić information content (AvgIpc) is 2.79. The maximum absolute atomic E-state index is 12.8. The first-order chi connectivity index (χ1) is 16.9. The number of amides is 3. The third kappa shape index (κ3) is 9.87. The third-order valence-corrected chi connectivity index (χ3v) is 6.16. The molecule has 0 aliphatic heterocycles. The van der Waals surface area contributed by atoms with Gasteiger partial charge >= 0.3 is 12.1 Å². The summed E-state index contributed by atoms with van der Waals surface area (Å²) in [6, 6.07) is 6.88. The highest BCUT2D eigenvalue weighted by Gasteiger charge is 2.31. The Morgan fingerprint density at radius 2 is 1.61 bits per heavy atom. The molecule has 1 aliphatic rings. The van der Waals surface area contributed by atoms with Crippen LogP contribution in [0.3, 0.4) is 0 Å². The van der Waals surface area contributed by atoms with Crippen molar-refractivity contribution < 1.29 is 29.0 Å². The summed E-state index contributed by atoms with van der Waals surface area (Å²) in [6.07, 6.45) is 2.61. The molecule has 1 saturated carbocycles. The van der Waals surface area contributed by atoms with E-state index in [0.717, 1.165) is 12.8 Å². The van der Waals surface area contributed by atoms with Crippen LogP contribution in [0, 0.1) is 17.8 Å². The van der Waals surface area contributed by atoms with Gasteiger partial charge in [0.1, 0.15) is 11.6 Å². The zero-order chi connectivity index (χ0) is 26.9. The molecule has 0 radical (unpaired) electrons. The van der Waals surface area contributed by atoms with Gasteiger partial charge in [-0.15, -0.1) is 0 Å². The number of rotatable bonds is 10. The van der Waals surface area contributed by atoms with Crippen molar-refractivity contribution in [3.05, 3.63) is 35.9 Å². The number of carboxylic acid groups (broad SMARTS) is 1. The minimum atomic E-state index is -1.10. The Bertz CT molecular complexity index is 889. The summed E-state index contributed by atoms with van der Waals surface area (Å²) in [7, 11) is 0. The maximum Gasteiger partial charge on any atom is 0.408 e. The molecule has 0 unspecified atom stereocenters. The quantitative estimate of drug-likeness (QED) is 0.384. The van der Waals surface area contributed by atoms with E-state index in [2.05, 4.69) is 16.0 Å². The topological polar surface area (TPSA) is 134 Å². The molecule has 4 N–H and O–H groups in total. The summed E-state index contributed by atoms with van der Waals surface area (Å²) >= 11 is 0. The van der Waals surface area contributed by atoms with E-state index in [0.29, 0.717) is 31.4 Å². The largest absolute Gasteiger partial charge is 0.479 e. The van der Waals surface area contributed by atoms with E-state index in [4.69, 9.17) is 4.74 Å². The van der Waals surface area contributed by atoms with Crippen LogP contribution >= 0.6 is 0 Å². The molecule has 3 amide bonds. The van der Waals surface area contributed by atoms with Gasteiger partial charge < -0.3 is 25.8 Å². The average molecular weight is 504 g/mol. The van der Waals surface area contributed by atoms with Gasteiger partial charge in [0.15, 0.2) is 6.04 Å². The van der Waals surface area contributed by atoms with E-state index in [1.807, 2.05) is 13.8 Å². The predicted molar refractivity (Wildman–Crippen MR) is 136 cm³/mol. The van der Waals surface area contributed by atoms with Gasteiger partial charge in [-0.1, -0.05) is 44.2 Å². The van der Waals surface area contributed by atoms with Gasteiger partial charge in [0.2, 0.25) is 11.8 Å². The molecule has 2 atom stereocenters. The van der Waals surface area contributed by atoms with Crippen LogP contribution in [-0.2, 0) is 19.1 Å². The fourth-order valence-electron chi connectivity index (χ4n) is 4.34. The fourth-order valence-corrected chi connectivity index (χ4v) is 4.34. The summed E-state index contributed by atoms with van der Waals surface area (Å²) in [5, 5.41) is 17.9. The van der Waals surface area contributed by atoms with Gasteiger partial charge in [0.25, 0.3) is 0 Å². The second-order valence-electron chi connectivity index (χ2n) is 11.0. The van der Waals surface area contributed by atoms with Gasteiger partial charge in [-0.2, -0.15) is 0 Å². The van der Waals surface area contributed by atoms with Crippen LogP contribution in [0.25, 0.3) is 0 Å². The van der Waals surface area contributed by atoms with Crippen molar-refractivity contribution in [3.8, 4) is 0 Å². The number of ether oxygens (including phenoxy) is 1. The lowest BCUT2D eigenvalue weighted by molar-refractivity contribution is -0.143. The molecule has 36 heavy (non-hydrogen) atoms. The molecule has 9 heteroatoms. The first-order valence-electron chi connectivity index (χ1n) is 12.7. The molecule has 1 aromatic carbocycles. The molecule has 1 aliphatic carbocycles. The molecule has 1 aromatic rings. The van der Waals surface area contributed by atoms with Crippen LogP contribution in [0.5, 0.6) is 0 Å². The smallest absolute Gasteiger partial charge is 0.408 e. The van der Waals surface area contributed by atoms with Gasteiger partial charge in [0, 0.05) is 12.5 Å². The second-order valence-corrected chi connectivity index (χ2v) is 11.0. The van der Waals surface area contributed by atoms with Crippen molar-refractivity contribution in [2.75, 3.05) is 6.54 Å². The molecule has 200 valence electrons. The summed E-state index contributed by atoms with van der Waals surface area (Å²) in [4.78, 5) is 49.4. The number of benzene rings is 1. The summed E-state index contributed by atoms with van der Waals surface area (Å²) in [6.45, 7) is 9.73. The van der Waals surface area contributed by atoms with E-state index >= 15 is 0 Å². The Morgan fingerprint density at radius 3 is 2.14 bits per heavy atom. The maximum atomic E-state index is 12.8. The van der Waals surface area contributed by atoms with Crippen molar-refractivity contribution in [3.63, 3.8) is 0 Å². The van der Waals surface area contributed by atoms with Gasteiger partial charge in [0.05, 0.1) is 0 Å². The van der Waals surface area contributed by atoms with E-state index in [1.165, 1.54) is 0 Å². The van der Waals surface area contributed by atoms with Crippen LogP contribution in [0.1, 0.15) is 78.3 Å². The van der Waals surface area contributed by atoms with Crippen LogP contribution in [0.15, 0.2) is 30.3 Å². The van der Waals surface area contributed by atoms with Gasteiger partial charge in [-0.25, -0.2) is 9.59 Å². The first-order valence-corrected chi connectivity index (χ1v) is 12.7. The molecular weight excluding hydrogens is 462 g/mol. The highest BCUT2D eigenvalue weighted by atomic mass is 16.6. The highest BCUT2D eigenvalue weighted by Crippen LogP contribution is 2.29. The van der Waals surface area contributed by atoms with Gasteiger partial charge in [-0.3, -0.25) is 9.59 Å². The van der Waals surface area contributed by atoms with Gasteiger partial charge in [-0.05, 0) is 70.3 Å². The van der Waals surface area contributed by atoms with Crippen molar-refractivity contribution in [1.29, 1.82) is 0 Å². The molecule has 0 heterocycles. The Kier molecular flexibility index (Phi) is 10.7. The number of carbonyl (C=O) groups excluding carboxylic acids is 3. The van der Waals surface area contributed by atoms with Crippen LogP contribution in [-0.4, -0.2) is 47.2 Å². The molecule has 0 spiro atoms.